The first-order chi connectivity index (χ1) is 14.2. The highest BCUT2D eigenvalue weighted by Crippen LogP contribution is 2.30. The first-order valence-electron chi connectivity index (χ1n) is 10.2. The molecule has 1 aliphatic rings. The molecule has 1 fully saturated rings. The zero-order valence-corrected chi connectivity index (χ0v) is 20.1. The Hall–Kier alpha value is -2.23. The molecule has 1 aromatic heterocycles. The van der Waals surface area contributed by atoms with E-state index in [1.54, 1.807) is 7.11 Å². The van der Waals surface area contributed by atoms with Crippen molar-refractivity contribution in [3.05, 3.63) is 42.1 Å². The van der Waals surface area contributed by atoms with Gasteiger partial charge in [-0.1, -0.05) is 6.07 Å². The second-order valence-corrected chi connectivity index (χ2v) is 6.88. The summed E-state index contributed by atoms with van der Waals surface area (Å²) in [5.74, 6) is 3.48. The molecule has 0 spiro atoms. The predicted molar refractivity (Wildman–Crippen MR) is 130 cm³/mol. The third-order valence-electron chi connectivity index (χ3n) is 4.45. The van der Waals surface area contributed by atoms with Crippen LogP contribution >= 0.6 is 24.0 Å². The van der Waals surface area contributed by atoms with E-state index in [9.17, 15) is 0 Å². The van der Waals surface area contributed by atoms with Crippen molar-refractivity contribution >= 4 is 35.6 Å². The third-order valence-corrected chi connectivity index (χ3v) is 4.45. The molecule has 164 valence electrons. The second-order valence-electron chi connectivity index (χ2n) is 6.88. The number of pyridine rings is 1. The maximum absolute atomic E-state index is 5.68. The molecule has 1 saturated carbocycles. The molecule has 3 rings (SSSR count). The summed E-state index contributed by atoms with van der Waals surface area (Å²) in [6, 6.07) is 9.63. The summed E-state index contributed by atoms with van der Waals surface area (Å²) in [4.78, 5) is 9.02. The highest BCUT2D eigenvalue weighted by atomic mass is 127. The van der Waals surface area contributed by atoms with Crippen molar-refractivity contribution in [3.63, 3.8) is 0 Å². The van der Waals surface area contributed by atoms with Crippen LogP contribution in [-0.4, -0.2) is 37.8 Å². The van der Waals surface area contributed by atoms with Crippen LogP contribution in [0, 0.1) is 5.92 Å². The van der Waals surface area contributed by atoms with Crippen molar-refractivity contribution < 1.29 is 14.2 Å². The highest BCUT2D eigenvalue weighted by molar-refractivity contribution is 14.0. The number of aliphatic imine (C=N–C) groups is 1. The lowest BCUT2D eigenvalue weighted by Gasteiger charge is -2.14. The van der Waals surface area contributed by atoms with Crippen LogP contribution in [0.3, 0.4) is 0 Å². The van der Waals surface area contributed by atoms with Gasteiger partial charge in [0.1, 0.15) is 0 Å². The average molecular weight is 526 g/mol. The van der Waals surface area contributed by atoms with Crippen molar-refractivity contribution in [1.29, 1.82) is 0 Å². The van der Waals surface area contributed by atoms with Crippen LogP contribution in [0.15, 0.2) is 41.5 Å². The van der Waals surface area contributed by atoms with E-state index in [2.05, 4.69) is 20.6 Å². The zero-order valence-electron chi connectivity index (χ0n) is 17.8. The number of ether oxygens (including phenoxy) is 3. The van der Waals surface area contributed by atoms with E-state index in [-0.39, 0.29) is 24.0 Å². The van der Waals surface area contributed by atoms with Gasteiger partial charge in [-0.2, -0.15) is 0 Å². The topological polar surface area (TPSA) is 77.0 Å². The van der Waals surface area contributed by atoms with Crippen LogP contribution in [0.25, 0.3) is 0 Å². The van der Waals surface area contributed by atoms with E-state index in [0.717, 1.165) is 36.1 Å². The van der Waals surface area contributed by atoms with Crippen molar-refractivity contribution in [2.45, 2.75) is 33.2 Å². The van der Waals surface area contributed by atoms with Crippen LogP contribution < -0.4 is 24.8 Å². The molecule has 0 unspecified atom stereocenters. The van der Waals surface area contributed by atoms with Gasteiger partial charge in [0.15, 0.2) is 17.5 Å². The Labute approximate surface area is 195 Å². The van der Waals surface area contributed by atoms with Gasteiger partial charge in [0.25, 0.3) is 0 Å². The van der Waals surface area contributed by atoms with Gasteiger partial charge in [-0.25, -0.2) is 9.98 Å². The number of halogens is 1. The quantitative estimate of drug-likeness (QED) is 0.270. The van der Waals surface area contributed by atoms with Gasteiger partial charge in [-0.05, 0) is 50.3 Å². The normalized spacial score (nSPS) is 13.2. The fraction of sp³-hybridized carbons (Fsp3) is 0.455. The van der Waals surface area contributed by atoms with E-state index >= 15 is 0 Å². The minimum Gasteiger partial charge on any atom is -0.493 e. The Balaban J connectivity index is 0.00000320. The van der Waals surface area contributed by atoms with E-state index < -0.39 is 0 Å². The van der Waals surface area contributed by atoms with Crippen LogP contribution in [0.5, 0.6) is 17.4 Å². The lowest BCUT2D eigenvalue weighted by atomic mass is 10.2. The minimum atomic E-state index is 0. The number of guanidine groups is 1. The number of benzene rings is 1. The summed E-state index contributed by atoms with van der Waals surface area (Å²) < 4.78 is 16.7. The molecule has 8 heteroatoms. The third kappa shape index (κ3) is 7.55. The summed E-state index contributed by atoms with van der Waals surface area (Å²) in [6.45, 7) is 6.60. The number of hydrogen-bond acceptors (Lipinski definition) is 5. The molecular formula is C22H31IN4O3. The van der Waals surface area contributed by atoms with Crippen molar-refractivity contribution in [3.8, 4) is 17.4 Å². The van der Waals surface area contributed by atoms with Gasteiger partial charge in [0, 0.05) is 30.6 Å². The highest BCUT2D eigenvalue weighted by Gasteiger charge is 2.22. The van der Waals surface area contributed by atoms with E-state index in [1.807, 2.05) is 50.4 Å². The van der Waals surface area contributed by atoms with Gasteiger partial charge >= 0.3 is 0 Å². The van der Waals surface area contributed by atoms with Gasteiger partial charge in [0.05, 0.1) is 26.9 Å². The monoisotopic (exact) mass is 526 g/mol. The average Bonchev–Trinajstić information content (AvgIpc) is 3.57. The van der Waals surface area contributed by atoms with Crippen molar-refractivity contribution in [2.75, 3.05) is 32.2 Å². The number of anilines is 1. The molecule has 1 aliphatic carbocycles. The standard InChI is InChI=1S/C22H30N4O3.HI/c1-4-23-22(26-18-9-10-19(28-5-2)20(12-18)27-3)25-14-17-8-11-21(24-13-17)29-15-16-6-7-16;/h8-13,16H,4-7,14-15H2,1-3H3,(H2,23,25,26);1H. The fourth-order valence-corrected chi connectivity index (χ4v) is 2.71. The van der Waals surface area contributed by atoms with Gasteiger partial charge < -0.3 is 24.8 Å². The van der Waals surface area contributed by atoms with E-state index in [0.29, 0.717) is 30.7 Å². The molecule has 0 aliphatic heterocycles. The summed E-state index contributed by atoms with van der Waals surface area (Å²) in [5.41, 5.74) is 1.89. The molecule has 2 aromatic rings. The largest absolute Gasteiger partial charge is 0.493 e. The number of nitrogens with zero attached hydrogens (tertiary/aromatic N) is 2. The molecule has 0 saturated heterocycles. The number of hydrogen-bond donors (Lipinski definition) is 2. The number of aromatic nitrogens is 1. The van der Waals surface area contributed by atoms with E-state index in [1.165, 1.54) is 12.8 Å². The fourth-order valence-electron chi connectivity index (χ4n) is 2.71. The minimum absolute atomic E-state index is 0. The Morgan fingerprint density at radius 1 is 1.13 bits per heavy atom. The molecule has 7 nitrogen and oxygen atoms in total. The number of nitrogens with one attached hydrogen (secondary N) is 2. The van der Waals surface area contributed by atoms with E-state index in [4.69, 9.17) is 14.2 Å². The molecular weight excluding hydrogens is 495 g/mol. The smallest absolute Gasteiger partial charge is 0.213 e. The molecule has 1 heterocycles. The molecule has 0 bridgehead atoms. The molecule has 0 radical (unpaired) electrons. The van der Waals surface area contributed by atoms with Crippen LogP contribution in [0.1, 0.15) is 32.3 Å². The summed E-state index contributed by atoms with van der Waals surface area (Å²) in [6.07, 6.45) is 4.36. The van der Waals surface area contributed by atoms with Crippen molar-refractivity contribution in [2.24, 2.45) is 10.9 Å². The Bertz CT molecular complexity index is 811. The molecule has 0 atom stereocenters. The zero-order chi connectivity index (χ0) is 20.5. The summed E-state index contributed by atoms with van der Waals surface area (Å²) in [7, 11) is 1.63. The molecule has 1 aromatic carbocycles. The maximum atomic E-state index is 5.68. The first kappa shape index (κ1) is 24.0. The number of rotatable bonds is 10. The second kappa shape index (κ2) is 12.5. The molecule has 30 heavy (non-hydrogen) atoms. The summed E-state index contributed by atoms with van der Waals surface area (Å²) >= 11 is 0. The Morgan fingerprint density at radius 3 is 2.60 bits per heavy atom. The Kier molecular flexibility index (Phi) is 9.99. The first-order valence-corrected chi connectivity index (χ1v) is 10.2. The van der Waals surface area contributed by atoms with Crippen LogP contribution in [-0.2, 0) is 6.54 Å². The van der Waals surface area contributed by atoms with Crippen LogP contribution in [0.2, 0.25) is 0 Å². The van der Waals surface area contributed by atoms with Gasteiger partial charge in [-0.3, -0.25) is 0 Å². The molecule has 0 amide bonds. The van der Waals surface area contributed by atoms with Crippen LogP contribution in [0.4, 0.5) is 5.69 Å². The van der Waals surface area contributed by atoms with Gasteiger partial charge in [0.2, 0.25) is 5.88 Å². The Morgan fingerprint density at radius 2 is 1.97 bits per heavy atom. The summed E-state index contributed by atoms with van der Waals surface area (Å²) in [5, 5.41) is 6.55. The maximum Gasteiger partial charge on any atom is 0.213 e. The number of methoxy groups -OCH3 is 1. The predicted octanol–water partition coefficient (Wildman–Crippen LogP) is 4.47. The SMILES string of the molecule is CCNC(=NCc1ccc(OCC2CC2)nc1)Nc1ccc(OCC)c(OC)c1.I. The lowest BCUT2D eigenvalue weighted by molar-refractivity contribution is 0.288. The van der Waals surface area contributed by atoms with Gasteiger partial charge in [-0.15, -0.1) is 24.0 Å². The molecule has 2 N–H and O–H groups in total. The van der Waals surface area contributed by atoms with Crippen molar-refractivity contribution in [1.82, 2.24) is 10.3 Å². The lowest BCUT2D eigenvalue weighted by Crippen LogP contribution is -2.30.